The highest BCUT2D eigenvalue weighted by molar-refractivity contribution is 7.99. The van der Waals surface area contributed by atoms with Gasteiger partial charge >= 0.3 is 0 Å². The minimum atomic E-state index is -0.295. The molecule has 1 aliphatic heterocycles. The van der Waals surface area contributed by atoms with Gasteiger partial charge in [0.1, 0.15) is 11.6 Å². The maximum absolute atomic E-state index is 13.5. The van der Waals surface area contributed by atoms with Gasteiger partial charge in [-0.1, -0.05) is 30.0 Å². The first kappa shape index (κ1) is 19.3. The SMILES string of the molecule is O=C(NCc1ccco1)c1ccc2c(c1)N=C(c1ccc(F)cc1)c1ccccc1S2. The number of carbonyl (C=O) groups is 1. The van der Waals surface area contributed by atoms with Crippen LogP contribution in [0, 0.1) is 5.82 Å². The van der Waals surface area contributed by atoms with Crippen molar-refractivity contribution in [2.45, 2.75) is 16.3 Å². The second kappa shape index (κ2) is 8.24. The molecule has 6 heteroatoms. The van der Waals surface area contributed by atoms with Crippen molar-refractivity contribution in [1.82, 2.24) is 5.32 Å². The maximum atomic E-state index is 13.5. The Bertz CT molecular complexity index is 1280. The van der Waals surface area contributed by atoms with Crippen LogP contribution in [0.5, 0.6) is 0 Å². The van der Waals surface area contributed by atoms with Gasteiger partial charge in [-0.25, -0.2) is 9.38 Å². The fraction of sp³-hybridized carbons (Fsp3) is 0.0400. The van der Waals surface area contributed by atoms with E-state index in [0.717, 1.165) is 26.6 Å². The van der Waals surface area contributed by atoms with E-state index in [0.29, 0.717) is 23.6 Å². The lowest BCUT2D eigenvalue weighted by molar-refractivity contribution is 0.0948. The van der Waals surface area contributed by atoms with E-state index in [-0.39, 0.29) is 11.7 Å². The number of aliphatic imine (C=N–C) groups is 1. The average molecular weight is 428 g/mol. The van der Waals surface area contributed by atoms with Crippen LogP contribution in [0.2, 0.25) is 0 Å². The summed E-state index contributed by atoms with van der Waals surface area (Å²) in [6.07, 6.45) is 1.57. The van der Waals surface area contributed by atoms with Crippen molar-refractivity contribution in [3.8, 4) is 0 Å². The zero-order valence-corrected chi connectivity index (χ0v) is 17.2. The second-order valence-electron chi connectivity index (χ2n) is 7.01. The van der Waals surface area contributed by atoms with E-state index in [4.69, 9.17) is 9.41 Å². The average Bonchev–Trinajstić information content (AvgIpc) is 3.26. The van der Waals surface area contributed by atoms with Gasteiger partial charge in [-0.05, 0) is 60.7 Å². The van der Waals surface area contributed by atoms with Gasteiger partial charge in [0.15, 0.2) is 0 Å². The molecule has 1 amide bonds. The van der Waals surface area contributed by atoms with Gasteiger partial charge in [0.05, 0.1) is 24.2 Å². The van der Waals surface area contributed by atoms with Crippen molar-refractivity contribution in [3.05, 3.63) is 113 Å². The number of carbonyl (C=O) groups excluding carboxylic acids is 1. The van der Waals surface area contributed by atoms with Crippen LogP contribution in [0.4, 0.5) is 10.1 Å². The van der Waals surface area contributed by atoms with Gasteiger partial charge < -0.3 is 9.73 Å². The molecule has 31 heavy (non-hydrogen) atoms. The Morgan fingerprint density at radius 3 is 2.61 bits per heavy atom. The number of benzene rings is 3. The molecule has 0 atom stereocenters. The number of nitrogens with zero attached hydrogens (tertiary/aromatic N) is 1. The van der Waals surface area contributed by atoms with Crippen molar-refractivity contribution in [1.29, 1.82) is 0 Å². The van der Waals surface area contributed by atoms with Gasteiger partial charge in [0, 0.05) is 26.5 Å². The predicted molar refractivity (Wildman–Crippen MR) is 119 cm³/mol. The van der Waals surface area contributed by atoms with E-state index in [1.165, 1.54) is 12.1 Å². The largest absolute Gasteiger partial charge is 0.467 e. The normalized spacial score (nSPS) is 12.4. The minimum absolute atomic E-state index is 0.204. The standard InChI is InChI=1S/C25H17FN2O2S/c26-18-10-7-16(8-11-18)24-20-5-1-2-6-22(20)31-23-12-9-17(14-21(23)28-24)25(29)27-15-19-4-3-13-30-19/h1-14H,15H2,(H,27,29). The third-order valence-corrected chi connectivity index (χ3v) is 6.08. The first-order chi connectivity index (χ1) is 15.2. The summed E-state index contributed by atoms with van der Waals surface area (Å²) < 4.78 is 18.8. The van der Waals surface area contributed by atoms with Crippen LogP contribution in [0.1, 0.15) is 27.2 Å². The first-order valence-corrected chi connectivity index (χ1v) is 10.6. The molecule has 2 heterocycles. The summed E-state index contributed by atoms with van der Waals surface area (Å²) in [6, 6.07) is 23.4. The molecule has 152 valence electrons. The summed E-state index contributed by atoms with van der Waals surface area (Å²) >= 11 is 1.60. The molecule has 0 radical (unpaired) electrons. The molecule has 0 fully saturated rings. The molecule has 3 aromatic carbocycles. The quantitative estimate of drug-likeness (QED) is 0.383. The maximum Gasteiger partial charge on any atom is 0.251 e. The topological polar surface area (TPSA) is 54.6 Å². The highest BCUT2D eigenvalue weighted by Crippen LogP contribution is 2.41. The summed E-state index contributed by atoms with van der Waals surface area (Å²) in [7, 11) is 0. The number of hydrogen-bond acceptors (Lipinski definition) is 4. The predicted octanol–water partition coefficient (Wildman–Crippen LogP) is 5.98. The van der Waals surface area contributed by atoms with E-state index in [1.807, 2.05) is 36.4 Å². The minimum Gasteiger partial charge on any atom is -0.467 e. The zero-order valence-electron chi connectivity index (χ0n) is 16.3. The Morgan fingerprint density at radius 2 is 1.81 bits per heavy atom. The van der Waals surface area contributed by atoms with Gasteiger partial charge in [-0.3, -0.25) is 4.79 Å². The van der Waals surface area contributed by atoms with Gasteiger partial charge in [-0.15, -0.1) is 0 Å². The summed E-state index contributed by atoms with van der Waals surface area (Å²) in [5, 5.41) is 2.86. The number of halogens is 1. The molecule has 0 saturated heterocycles. The summed E-state index contributed by atoms with van der Waals surface area (Å²) in [4.78, 5) is 19.6. The highest BCUT2D eigenvalue weighted by atomic mass is 32.2. The Kier molecular flexibility index (Phi) is 5.14. The zero-order chi connectivity index (χ0) is 21.2. The van der Waals surface area contributed by atoms with Crippen molar-refractivity contribution in [2.75, 3.05) is 0 Å². The molecular weight excluding hydrogens is 411 g/mol. The van der Waals surface area contributed by atoms with Crippen molar-refractivity contribution in [3.63, 3.8) is 0 Å². The number of amides is 1. The van der Waals surface area contributed by atoms with Crippen LogP contribution in [0.25, 0.3) is 0 Å². The molecular formula is C25H17FN2O2S. The van der Waals surface area contributed by atoms with Gasteiger partial charge in [0.2, 0.25) is 0 Å². The number of fused-ring (bicyclic) bond motifs is 2. The Labute approximate surface area is 182 Å². The first-order valence-electron chi connectivity index (χ1n) is 9.74. The molecule has 0 bridgehead atoms. The fourth-order valence-corrected chi connectivity index (χ4v) is 4.40. The Balaban J connectivity index is 1.53. The number of rotatable bonds is 4. The Morgan fingerprint density at radius 1 is 0.968 bits per heavy atom. The molecule has 4 nitrogen and oxygen atoms in total. The van der Waals surface area contributed by atoms with Gasteiger partial charge in [0.25, 0.3) is 5.91 Å². The van der Waals surface area contributed by atoms with Crippen LogP contribution in [0.15, 0.2) is 104 Å². The Hall–Kier alpha value is -3.64. The van der Waals surface area contributed by atoms with Crippen LogP contribution in [0.3, 0.4) is 0 Å². The molecule has 0 aliphatic carbocycles. The van der Waals surface area contributed by atoms with E-state index in [2.05, 4.69) is 5.32 Å². The van der Waals surface area contributed by atoms with Crippen LogP contribution in [-0.4, -0.2) is 11.6 Å². The van der Waals surface area contributed by atoms with E-state index in [9.17, 15) is 9.18 Å². The van der Waals surface area contributed by atoms with Crippen molar-refractivity contribution < 1.29 is 13.6 Å². The van der Waals surface area contributed by atoms with E-state index >= 15 is 0 Å². The van der Waals surface area contributed by atoms with Crippen LogP contribution < -0.4 is 5.32 Å². The monoisotopic (exact) mass is 428 g/mol. The molecule has 4 aromatic rings. The van der Waals surface area contributed by atoms with Gasteiger partial charge in [-0.2, -0.15) is 0 Å². The van der Waals surface area contributed by atoms with Crippen LogP contribution in [-0.2, 0) is 6.54 Å². The number of nitrogens with one attached hydrogen (secondary N) is 1. The lowest BCUT2D eigenvalue weighted by atomic mass is 10.0. The second-order valence-corrected chi connectivity index (χ2v) is 8.09. The molecule has 1 aromatic heterocycles. The van der Waals surface area contributed by atoms with E-state index in [1.54, 1.807) is 48.4 Å². The van der Waals surface area contributed by atoms with Crippen molar-refractivity contribution >= 4 is 29.1 Å². The third kappa shape index (κ3) is 4.02. The molecule has 5 rings (SSSR count). The summed E-state index contributed by atoms with van der Waals surface area (Å²) in [6.45, 7) is 0.313. The van der Waals surface area contributed by atoms with Crippen molar-refractivity contribution in [2.24, 2.45) is 4.99 Å². The fourth-order valence-electron chi connectivity index (χ4n) is 3.39. The molecule has 0 spiro atoms. The molecule has 1 N–H and O–H groups in total. The third-order valence-electron chi connectivity index (χ3n) is 4.94. The number of furan rings is 1. The highest BCUT2D eigenvalue weighted by Gasteiger charge is 2.20. The van der Waals surface area contributed by atoms with Crippen LogP contribution >= 0.6 is 11.8 Å². The lowest BCUT2D eigenvalue weighted by Gasteiger charge is -2.08. The summed E-state index contributed by atoms with van der Waals surface area (Å²) in [5.74, 6) is 0.187. The molecule has 0 unspecified atom stereocenters. The molecule has 1 aliphatic rings. The summed E-state index contributed by atoms with van der Waals surface area (Å²) in [5.41, 5.74) is 3.74. The van der Waals surface area contributed by atoms with E-state index < -0.39 is 0 Å². The molecule has 0 saturated carbocycles. The lowest BCUT2D eigenvalue weighted by Crippen LogP contribution is -2.22. The smallest absolute Gasteiger partial charge is 0.251 e. The number of hydrogen-bond donors (Lipinski definition) is 1.